The van der Waals surface area contributed by atoms with Crippen molar-refractivity contribution in [3.8, 4) is 0 Å². The van der Waals surface area contributed by atoms with E-state index in [1.54, 1.807) is 7.11 Å². The lowest BCUT2D eigenvalue weighted by molar-refractivity contribution is -0.265. The highest BCUT2D eigenvalue weighted by Gasteiger charge is 2.63. The van der Waals surface area contributed by atoms with E-state index in [2.05, 4.69) is 24.8 Å². The van der Waals surface area contributed by atoms with Crippen LogP contribution in [0.25, 0.3) is 0 Å². The highest BCUT2D eigenvalue weighted by atomic mass is 16.5. The third-order valence-corrected chi connectivity index (χ3v) is 6.59. The maximum atomic E-state index is 11.6. The number of ether oxygens (including phenoxy) is 1. The quantitative estimate of drug-likeness (QED) is 0.656. The van der Waals surface area contributed by atoms with Crippen LogP contribution in [0.4, 0.5) is 0 Å². The molecule has 2 aliphatic carbocycles. The summed E-state index contributed by atoms with van der Waals surface area (Å²) in [5, 5.41) is 33.5. The third kappa shape index (κ3) is 3.67. The Morgan fingerprint density at radius 1 is 1.24 bits per heavy atom. The number of aliphatic hydroxyl groups excluding tert-OH is 1. The van der Waals surface area contributed by atoms with Gasteiger partial charge in [-0.05, 0) is 58.8 Å². The first-order chi connectivity index (χ1) is 11.7. The van der Waals surface area contributed by atoms with Crippen molar-refractivity contribution in [3.63, 3.8) is 0 Å². The van der Waals surface area contributed by atoms with E-state index >= 15 is 0 Å². The third-order valence-electron chi connectivity index (χ3n) is 6.59. The fourth-order valence-electron chi connectivity index (χ4n) is 5.19. The molecule has 1 saturated heterocycles. The van der Waals surface area contributed by atoms with E-state index in [9.17, 15) is 15.3 Å². The molecule has 6 atom stereocenters. The maximum absolute atomic E-state index is 11.6. The van der Waals surface area contributed by atoms with Gasteiger partial charge < -0.3 is 20.1 Å². The monoisotopic (exact) mass is 353 g/mol. The van der Waals surface area contributed by atoms with E-state index in [0.717, 1.165) is 13.0 Å². The number of hydrogen-bond acceptors (Lipinski definition) is 5. The van der Waals surface area contributed by atoms with Gasteiger partial charge in [-0.2, -0.15) is 0 Å². The Balaban J connectivity index is 1.95. The first kappa shape index (κ1) is 19.3. The zero-order chi connectivity index (χ0) is 18.4. The van der Waals surface area contributed by atoms with Crippen molar-refractivity contribution in [1.29, 1.82) is 0 Å². The molecule has 3 aliphatic rings. The molecular formula is C20H35NO4. The van der Waals surface area contributed by atoms with Crippen molar-refractivity contribution in [2.24, 2.45) is 11.8 Å². The molecule has 5 nitrogen and oxygen atoms in total. The zero-order valence-corrected chi connectivity index (χ0v) is 16.1. The van der Waals surface area contributed by atoms with Crippen LogP contribution in [-0.4, -0.2) is 69.9 Å². The van der Waals surface area contributed by atoms with Crippen LogP contribution in [0.2, 0.25) is 0 Å². The van der Waals surface area contributed by atoms with Crippen LogP contribution in [0.5, 0.6) is 0 Å². The smallest absolute Gasteiger partial charge is 0.0914 e. The Hall–Kier alpha value is -0.460. The summed E-state index contributed by atoms with van der Waals surface area (Å²) in [6.07, 6.45) is 5.26. The minimum Gasteiger partial charge on any atom is -0.390 e. The minimum atomic E-state index is -1.13. The number of β-amino-alcohol motifs (C(OH)–C–C–N with tert-alkyl or cyclic N) is 1. The Labute approximate surface area is 151 Å². The molecule has 2 saturated carbocycles. The average molecular weight is 354 g/mol. The summed E-state index contributed by atoms with van der Waals surface area (Å²) < 4.78 is 5.57. The fourth-order valence-corrected chi connectivity index (χ4v) is 5.19. The molecule has 0 bridgehead atoms. The molecule has 3 fully saturated rings. The van der Waals surface area contributed by atoms with E-state index in [-0.39, 0.29) is 6.04 Å². The van der Waals surface area contributed by atoms with Gasteiger partial charge in [0.25, 0.3) is 0 Å². The van der Waals surface area contributed by atoms with Gasteiger partial charge in [0.15, 0.2) is 0 Å². The lowest BCUT2D eigenvalue weighted by atomic mass is 9.59. The van der Waals surface area contributed by atoms with Crippen molar-refractivity contribution in [3.05, 3.63) is 11.6 Å². The van der Waals surface area contributed by atoms with E-state index in [1.807, 2.05) is 6.92 Å². The van der Waals surface area contributed by atoms with E-state index in [4.69, 9.17) is 4.74 Å². The molecule has 0 aromatic heterocycles. The summed E-state index contributed by atoms with van der Waals surface area (Å²) in [4.78, 5) is 2.30. The molecule has 1 aliphatic heterocycles. The summed E-state index contributed by atoms with van der Waals surface area (Å²) >= 11 is 0. The number of methoxy groups -OCH3 is 1. The molecule has 0 unspecified atom stereocenters. The van der Waals surface area contributed by atoms with Gasteiger partial charge in [0.05, 0.1) is 23.4 Å². The highest BCUT2D eigenvalue weighted by Crippen LogP contribution is 2.49. The van der Waals surface area contributed by atoms with Crippen LogP contribution in [0.15, 0.2) is 11.6 Å². The molecule has 0 radical (unpaired) electrons. The minimum absolute atomic E-state index is 0.0729. The van der Waals surface area contributed by atoms with Crippen LogP contribution in [-0.2, 0) is 4.74 Å². The molecule has 0 aromatic rings. The number of nitrogens with zero attached hydrogens (tertiary/aromatic N) is 1. The molecule has 25 heavy (non-hydrogen) atoms. The normalized spacial score (nSPS) is 45.1. The summed E-state index contributed by atoms with van der Waals surface area (Å²) in [6, 6.07) is -0.0729. The molecule has 0 spiro atoms. The van der Waals surface area contributed by atoms with Gasteiger partial charge in [0.1, 0.15) is 0 Å². The Morgan fingerprint density at radius 2 is 1.92 bits per heavy atom. The predicted molar refractivity (Wildman–Crippen MR) is 97.2 cm³/mol. The summed E-state index contributed by atoms with van der Waals surface area (Å²) in [6.45, 7) is 7.46. The number of aliphatic hydroxyl groups is 3. The Morgan fingerprint density at radius 3 is 2.48 bits per heavy atom. The first-order valence-corrected chi connectivity index (χ1v) is 9.72. The first-order valence-electron chi connectivity index (χ1n) is 9.72. The average Bonchev–Trinajstić information content (AvgIpc) is 3.31. The number of rotatable bonds is 5. The second-order valence-electron chi connectivity index (χ2n) is 9.02. The largest absolute Gasteiger partial charge is 0.390 e. The molecule has 144 valence electrons. The number of likely N-dealkylation sites (tertiary alicyclic amines) is 1. The molecule has 3 rings (SSSR count). The van der Waals surface area contributed by atoms with Gasteiger partial charge in [-0.3, -0.25) is 4.90 Å². The maximum Gasteiger partial charge on any atom is 0.0914 e. The van der Waals surface area contributed by atoms with Crippen LogP contribution < -0.4 is 0 Å². The summed E-state index contributed by atoms with van der Waals surface area (Å²) in [5.74, 6) is 0.206. The number of allylic oxidation sites excluding steroid dienone is 1. The highest BCUT2D eigenvalue weighted by molar-refractivity contribution is 5.16. The standard InChI is InChI=1S/C20H35NO4/c1-13(2)5-8-16-19(3,23)18-17(25-4)15(22)9-10-20(18,24)12-21(16)11-14-6-7-14/h5,14-18,22-24H,6-12H2,1-4H3/t15-,16+,17-,18-,19+,20+/m1/s1. The van der Waals surface area contributed by atoms with Gasteiger partial charge >= 0.3 is 0 Å². The molecular weight excluding hydrogens is 318 g/mol. The van der Waals surface area contributed by atoms with Crippen molar-refractivity contribution in [2.75, 3.05) is 20.2 Å². The molecule has 0 aromatic carbocycles. The van der Waals surface area contributed by atoms with Gasteiger partial charge in [-0.15, -0.1) is 0 Å². The number of piperidine rings is 1. The van der Waals surface area contributed by atoms with Gasteiger partial charge in [0, 0.05) is 32.2 Å². The van der Waals surface area contributed by atoms with E-state index in [0.29, 0.717) is 25.3 Å². The second kappa shape index (κ2) is 6.93. The Kier molecular flexibility index (Phi) is 5.35. The predicted octanol–water partition coefficient (Wildman–Crippen LogP) is 1.70. The van der Waals surface area contributed by atoms with Crippen molar-refractivity contribution < 1.29 is 20.1 Å². The fraction of sp³-hybridized carbons (Fsp3) is 0.900. The van der Waals surface area contributed by atoms with Crippen molar-refractivity contribution >= 4 is 0 Å². The summed E-state index contributed by atoms with van der Waals surface area (Å²) in [7, 11) is 1.57. The van der Waals surface area contributed by atoms with Crippen LogP contribution in [0.1, 0.15) is 52.9 Å². The number of fused-ring (bicyclic) bond motifs is 1. The zero-order valence-electron chi connectivity index (χ0n) is 16.1. The topological polar surface area (TPSA) is 73.2 Å². The van der Waals surface area contributed by atoms with E-state index < -0.39 is 29.3 Å². The van der Waals surface area contributed by atoms with Crippen LogP contribution in [0.3, 0.4) is 0 Å². The lowest BCUT2D eigenvalue weighted by Gasteiger charge is -2.61. The molecule has 3 N–H and O–H groups in total. The van der Waals surface area contributed by atoms with E-state index in [1.165, 1.54) is 18.4 Å². The Bertz CT molecular complexity index is 512. The van der Waals surface area contributed by atoms with Gasteiger partial charge in [0.2, 0.25) is 0 Å². The number of hydrogen-bond donors (Lipinski definition) is 3. The van der Waals surface area contributed by atoms with Crippen LogP contribution in [0, 0.1) is 11.8 Å². The van der Waals surface area contributed by atoms with Crippen molar-refractivity contribution in [2.45, 2.75) is 82.3 Å². The molecule has 1 heterocycles. The molecule has 5 heteroatoms. The lowest BCUT2D eigenvalue weighted by Crippen LogP contribution is -2.75. The van der Waals surface area contributed by atoms with Crippen LogP contribution >= 0.6 is 0 Å². The second-order valence-corrected chi connectivity index (χ2v) is 9.02. The van der Waals surface area contributed by atoms with Crippen molar-refractivity contribution in [1.82, 2.24) is 4.90 Å². The molecule has 0 amide bonds. The SMILES string of the molecule is CO[C@@H]1[C@H](O)CC[C@]2(O)CN(CC3CC3)[C@@H](CC=C(C)C)[C@](C)(O)[C@@H]12. The summed E-state index contributed by atoms with van der Waals surface area (Å²) in [5.41, 5.74) is -0.912. The van der Waals surface area contributed by atoms with Gasteiger partial charge in [-0.25, -0.2) is 0 Å². The van der Waals surface area contributed by atoms with Gasteiger partial charge in [-0.1, -0.05) is 11.6 Å².